The van der Waals surface area contributed by atoms with E-state index in [2.05, 4.69) is 15.8 Å². The van der Waals surface area contributed by atoms with E-state index < -0.39 is 0 Å². The van der Waals surface area contributed by atoms with Gasteiger partial charge in [0.2, 0.25) is 5.91 Å². The van der Waals surface area contributed by atoms with E-state index in [4.69, 9.17) is 4.74 Å². The van der Waals surface area contributed by atoms with Crippen LogP contribution in [-0.2, 0) is 16.1 Å². The number of carbonyl (C=O) groups excluding carboxylic acids is 1. The van der Waals surface area contributed by atoms with Crippen molar-refractivity contribution in [1.29, 1.82) is 0 Å². The summed E-state index contributed by atoms with van der Waals surface area (Å²) in [7, 11) is 0. The fraction of sp³-hybridized carbons (Fsp3) is 0.533. The second-order valence-electron chi connectivity index (χ2n) is 4.94. The third-order valence-electron chi connectivity index (χ3n) is 3.35. The average molecular weight is 277 g/mol. The molecule has 1 saturated heterocycles. The van der Waals surface area contributed by atoms with Crippen molar-refractivity contribution in [2.75, 3.05) is 32.8 Å². The van der Waals surface area contributed by atoms with Crippen molar-refractivity contribution in [1.82, 2.24) is 15.8 Å². The van der Waals surface area contributed by atoms with Crippen LogP contribution >= 0.6 is 0 Å². The highest BCUT2D eigenvalue weighted by atomic mass is 16.5. The van der Waals surface area contributed by atoms with Gasteiger partial charge in [-0.25, -0.2) is 5.43 Å². The quantitative estimate of drug-likeness (QED) is 0.728. The number of amides is 1. The van der Waals surface area contributed by atoms with Crippen LogP contribution in [0.2, 0.25) is 0 Å². The van der Waals surface area contributed by atoms with Gasteiger partial charge in [-0.2, -0.15) is 0 Å². The zero-order valence-corrected chi connectivity index (χ0v) is 11.8. The Morgan fingerprint density at radius 1 is 1.20 bits per heavy atom. The number of hydrogen-bond donors (Lipinski definition) is 2. The smallest absolute Gasteiger partial charge is 0.234 e. The lowest BCUT2D eigenvalue weighted by Gasteiger charge is -2.26. The SMILES string of the molecule is O=C(CCCN1CCOCC1)NNCc1ccccc1. The second-order valence-corrected chi connectivity index (χ2v) is 4.94. The van der Waals surface area contributed by atoms with Gasteiger partial charge in [-0.3, -0.25) is 15.1 Å². The molecular formula is C15H23N3O2. The van der Waals surface area contributed by atoms with Crippen molar-refractivity contribution in [2.24, 2.45) is 0 Å². The molecule has 1 heterocycles. The van der Waals surface area contributed by atoms with Crippen LogP contribution in [0, 0.1) is 0 Å². The van der Waals surface area contributed by atoms with Gasteiger partial charge in [-0.1, -0.05) is 30.3 Å². The van der Waals surface area contributed by atoms with Crippen LogP contribution in [-0.4, -0.2) is 43.7 Å². The number of morpholine rings is 1. The Hall–Kier alpha value is -1.43. The number of ether oxygens (including phenoxy) is 1. The number of hydrazine groups is 1. The van der Waals surface area contributed by atoms with Gasteiger partial charge in [0.1, 0.15) is 0 Å². The topological polar surface area (TPSA) is 53.6 Å². The molecule has 1 aliphatic heterocycles. The van der Waals surface area contributed by atoms with Crippen LogP contribution in [0.5, 0.6) is 0 Å². The third kappa shape index (κ3) is 5.69. The van der Waals surface area contributed by atoms with Crippen LogP contribution < -0.4 is 10.9 Å². The van der Waals surface area contributed by atoms with Gasteiger partial charge < -0.3 is 4.74 Å². The lowest BCUT2D eigenvalue weighted by molar-refractivity contribution is -0.122. The van der Waals surface area contributed by atoms with Crippen LogP contribution in [0.1, 0.15) is 18.4 Å². The van der Waals surface area contributed by atoms with Crippen LogP contribution in [0.3, 0.4) is 0 Å². The molecule has 1 aromatic carbocycles. The zero-order valence-electron chi connectivity index (χ0n) is 11.8. The summed E-state index contributed by atoms with van der Waals surface area (Å²) in [5.41, 5.74) is 6.85. The Morgan fingerprint density at radius 3 is 2.70 bits per heavy atom. The summed E-state index contributed by atoms with van der Waals surface area (Å²) in [4.78, 5) is 14.0. The van der Waals surface area contributed by atoms with Crippen molar-refractivity contribution >= 4 is 5.91 Å². The Bertz CT molecular complexity index is 391. The summed E-state index contributed by atoms with van der Waals surface area (Å²) in [6, 6.07) is 10.0. The highest BCUT2D eigenvalue weighted by Gasteiger charge is 2.10. The van der Waals surface area contributed by atoms with Gasteiger partial charge in [0.15, 0.2) is 0 Å². The largest absolute Gasteiger partial charge is 0.379 e. The first-order chi connectivity index (χ1) is 9.84. The lowest BCUT2D eigenvalue weighted by atomic mass is 10.2. The molecule has 0 spiro atoms. The van der Waals surface area contributed by atoms with Gasteiger partial charge in [-0.05, 0) is 18.5 Å². The molecule has 5 nitrogen and oxygen atoms in total. The highest BCUT2D eigenvalue weighted by molar-refractivity contribution is 5.75. The summed E-state index contributed by atoms with van der Waals surface area (Å²) >= 11 is 0. The molecule has 5 heteroatoms. The first-order valence-electron chi connectivity index (χ1n) is 7.20. The normalized spacial score (nSPS) is 16.0. The Morgan fingerprint density at radius 2 is 1.95 bits per heavy atom. The van der Waals surface area contributed by atoms with Gasteiger partial charge >= 0.3 is 0 Å². The third-order valence-corrected chi connectivity index (χ3v) is 3.35. The Balaban J connectivity index is 1.52. The van der Waals surface area contributed by atoms with E-state index in [-0.39, 0.29) is 5.91 Å². The molecule has 0 radical (unpaired) electrons. The van der Waals surface area contributed by atoms with Crippen LogP contribution in [0.15, 0.2) is 30.3 Å². The maximum absolute atomic E-state index is 11.7. The first kappa shape index (κ1) is 15.0. The van der Waals surface area contributed by atoms with Crippen molar-refractivity contribution in [3.05, 3.63) is 35.9 Å². The standard InChI is InChI=1S/C15H23N3O2/c19-15(7-4-8-18-9-11-20-12-10-18)17-16-13-14-5-2-1-3-6-14/h1-3,5-6,16H,4,7-13H2,(H,17,19). The lowest BCUT2D eigenvalue weighted by Crippen LogP contribution is -2.39. The minimum atomic E-state index is 0.0502. The number of rotatable bonds is 7. The molecule has 20 heavy (non-hydrogen) atoms. The number of carbonyl (C=O) groups is 1. The molecule has 2 N–H and O–H groups in total. The molecule has 2 rings (SSSR count). The summed E-state index contributed by atoms with van der Waals surface area (Å²) in [5.74, 6) is 0.0502. The van der Waals surface area contributed by atoms with Gasteiger partial charge in [0, 0.05) is 26.1 Å². The van der Waals surface area contributed by atoms with E-state index in [0.717, 1.165) is 44.8 Å². The molecule has 0 saturated carbocycles. The van der Waals surface area contributed by atoms with E-state index in [1.165, 1.54) is 0 Å². The summed E-state index contributed by atoms with van der Waals surface area (Å²) in [6.45, 7) is 5.20. The van der Waals surface area contributed by atoms with Crippen molar-refractivity contribution in [3.63, 3.8) is 0 Å². The monoisotopic (exact) mass is 277 g/mol. The molecular weight excluding hydrogens is 254 g/mol. The molecule has 0 aromatic heterocycles. The van der Waals surface area contributed by atoms with Crippen molar-refractivity contribution in [3.8, 4) is 0 Å². The molecule has 1 fully saturated rings. The Kier molecular flexibility index (Phi) is 6.50. The minimum Gasteiger partial charge on any atom is -0.379 e. The van der Waals surface area contributed by atoms with Gasteiger partial charge in [0.05, 0.1) is 13.2 Å². The molecule has 1 aromatic rings. The predicted molar refractivity (Wildman–Crippen MR) is 77.9 cm³/mol. The molecule has 0 aliphatic carbocycles. The number of nitrogens with one attached hydrogen (secondary N) is 2. The second kappa shape index (κ2) is 8.68. The molecule has 110 valence electrons. The van der Waals surface area contributed by atoms with Crippen molar-refractivity contribution < 1.29 is 9.53 Å². The average Bonchev–Trinajstić information content (AvgIpc) is 2.49. The molecule has 0 atom stereocenters. The summed E-state index contributed by atoms with van der Waals surface area (Å²) < 4.78 is 5.29. The summed E-state index contributed by atoms with van der Waals surface area (Å²) in [5, 5.41) is 0. The fourth-order valence-electron chi connectivity index (χ4n) is 2.19. The number of nitrogens with zero attached hydrogens (tertiary/aromatic N) is 1. The summed E-state index contributed by atoms with van der Waals surface area (Å²) in [6.07, 6.45) is 1.44. The molecule has 1 aliphatic rings. The van der Waals surface area contributed by atoms with E-state index in [9.17, 15) is 4.79 Å². The molecule has 1 amide bonds. The Labute approximate surface area is 120 Å². The maximum atomic E-state index is 11.7. The van der Waals surface area contributed by atoms with Gasteiger partial charge in [0.25, 0.3) is 0 Å². The molecule has 0 bridgehead atoms. The molecule has 0 unspecified atom stereocenters. The zero-order chi connectivity index (χ0) is 14.0. The van der Waals surface area contributed by atoms with E-state index in [1.807, 2.05) is 30.3 Å². The van der Waals surface area contributed by atoms with E-state index >= 15 is 0 Å². The minimum absolute atomic E-state index is 0.0502. The fourth-order valence-corrected chi connectivity index (χ4v) is 2.19. The van der Waals surface area contributed by atoms with Crippen molar-refractivity contribution in [2.45, 2.75) is 19.4 Å². The number of hydrogen-bond acceptors (Lipinski definition) is 4. The highest BCUT2D eigenvalue weighted by Crippen LogP contribution is 2.00. The van der Waals surface area contributed by atoms with Crippen LogP contribution in [0.25, 0.3) is 0 Å². The predicted octanol–water partition coefficient (Wildman–Crippen LogP) is 0.920. The first-order valence-corrected chi connectivity index (χ1v) is 7.20. The van der Waals surface area contributed by atoms with Gasteiger partial charge in [-0.15, -0.1) is 0 Å². The van der Waals surface area contributed by atoms with E-state index in [1.54, 1.807) is 0 Å². The van der Waals surface area contributed by atoms with E-state index in [0.29, 0.717) is 13.0 Å². The maximum Gasteiger partial charge on any atom is 0.234 e. The van der Waals surface area contributed by atoms with Crippen LogP contribution in [0.4, 0.5) is 0 Å². The number of benzene rings is 1.